The molecule has 17 heteroatoms. The molecular weight excluding hydrogens is 851 g/mol. The number of carboxylic acids is 1. The highest BCUT2D eigenvalue weighted by molar-refractivity contribution is 7.14. The van der Waals surface area contributed by atoms with Gasteiger partial charge in [0.1, 0.15) is 18.2 Å². The summed E-state index contributed by atoms with van der Waals surface area (Å²) in [6, 6.07) is 23.5. The van der Waals surface area contributed by atoms with E-state index in [0.717, 1.165) is 86.1 Å². The lowest BCUT2D eigenvalue weighted by Crippen LogP contribution is -2.47. The second-order valence-electron chi connectivity index (χ2n) is 16.3. The van der Waals surface area contributed by atoms with Gasteiger partial charge < -0.3 is 15.7 Å². The van der Waals surface area contributed by atoms with Crippen molar-refractivity contribution in [3.05, 3.63) is 123 Å². The van der Waals surface area contributed by atoms with Gasteiger partial charge in [0.25, 0.3) is 5.91 Å². The summed E-state index contributed by atoms with van der Waals surface area (Å²) in [6.07, 6.45) is 5.69. The van der Waals surface area contributed by atoms with Crippen LogP contribution < -0.4 is 16.0 Å². The minimum absolute atomic E-state index is 0.210. The first-order chi connectivity index (χ1) is 30.7. The minimum atomic E-state index is -5.08. The fourth-order valence-corrected chi connectivity index (χ4v) is 9.65. The van der Waals surface area contributed by atoms with E-state index in [1.807, 2.05) is 37.4 Å². The number of aliphatic carboxylic acids is 1. The number of hydrogen-bond acceptors (Lipinski definition) is 9. The Bertz CT molecular complexity index is 2690. The first kappa shape index (κ1) is 44.2. The van der Waals surface area contributed by atoms with Gasteiger partial charge in [0.2, 0.25) is 11.8 Å². The maximum Gasteiger partial charge on any atom is 0.490 e. The molecule has 1 aliphatic carbocycles. The van der Waals surface area contributed by atoms with Gasteiger partial charge in [-0.2, -0.15) is 18.3 Å². The zero-order valence-electron chi connectivity index (χ0n) is 34.8. The highest BCUT2D eigenvalue weighted by Crippen LogP contribution is 2.36. The number of piperidine rings is 2. The molecule has 3 aliphatic rings. The summed E-state index contributed by atoms with van der Waals surface area (Å²) < 4.78 is 48.7. The van der Waals surface area contributed by atoms with E-state index in [4.69, 9.17) is 9.90 Å². The third kappa shape index (κ3) is 10.2. The van der Waals surface area contributed by atoms with Crippen LogP contribution in [0.4, 0.5) is 28.9 Å². The number of imide groups is 1. The van der Waals surface area contributed by atoms with Crippen LogP contribution >= 0.6 is 11.3 Å². The van der Waals surface area contributed by atoms with Gasteiger partial charge in [-0.15, -0.1) is 11.3 Å². The van der Waals surface area contributed by atoms with Crippen molar-refractivity contribution >= 4 is 51.9 Å². The van der Waals surface area contributed by atoms with Crippen LogP contribution in [0.2, 0.25) is 0 Å². The highest BCUT2D eigenvalue weighted by Gasteiger charge is 2.38. The quantitative estimate of drug-likeness (QED) is 0.0822. The van der Waals surface area contributed by atoms with E-state index < -0.39 is 18.0 Å². The normalized spacial score (nSPS) is 17.0. The monoisotopic (exact) mass is 895 g/mol. The minimum Gasteiger partial charge on any atom is -0.475 e. The van der Waals surface area contributed by atoms with Gasteiger partial charge in [-0.05, 0) is 135 Å². The number of anilines is 2. The summed E-state index contributed by atoms with van der Waals surface area (Å²) in [5, 5.41) is 20.2. The summed E-state index contributed by atoms with van der Waals surface area (Å²) in [5.41, 5.74) is 9.85. The number of carboxylic acid groups (broad SMARTS) is 1. The summed E-state index contributed by atoms with van der Waals surface area (Å²) in [6.45, 7) is 4.78. The topological polar surface area (TPSA) is 158 Å². The highest BCUT2D eigenvalue weighted by atomic mass is 32.1. The van der Waals surface area contributed by atoms with Crippen molar-refractivity contribution in [2.45, 2.75) is 83.0 Å². The van der Waals surface area contributed by atoms with Crippen molar-refractivity contribution in [3.8, 4) is 22.4 Å². The van der Waals surface area contributed by atoms with E-state index in [2.05, 4.69) is 67.3 Å². The van der Waals surface area contributed by atoms with Crippen molar-refractivity contribution in [2.24, 2.45) is 0 Å². The van der Waals surface area contributed by atoms with Crippen molar-refractivity contribution in [1.29, 1.82) is 0 Å². The van der Waals surface area contributed by atoms with Gasteiger partial charge in [-0.1, -0.05) is 36.4 Å². The van der Waals surface area contributed by atoms with Crippen LogP contribution in [0, 0.1) is 12.7 Å². The summed E-state index contributed by atoms with van der Waals surface area (Å²) in [7, 11) is 0. The van der Waals surface area contributed by atoms with Crippen LogP contribution in [0.25, 0.3) is 27.9 Å². The Morgan fingerprint density at radius 1 is 0.922 bits per heavy atom. The molecule has 1 atom stereocenters. The summed E-state index contributed by atoms with van der Waals surface area (Å²) >= 11 is 1.54. The molecule has 1 unspecified atom stereocenters. The number of halogens is 4. The number of likely N-dealkylation sites (tertiary alicyclic amines) is 1. The molecule has 2 saturated heterocycles. The van der Waals surface area contributed by atoms with E-state index in [1.165, 1.54) is 40.0 Å². The maximum atomic E-state index is 15.2. The number of carbonyl (C=O) groups is 4. The Morgan fingerprint density at radius 2 is 1.64 bits per heavy atom. The standard InChI is InChI=1S/C45H44FN7O3S.C2HF3O2/c1-27-36(22-34(46)23-38(27)50-45(56)41-21-32-4-2-3-5-40(32)57-41)43-39-20-33(25-53(39)48-26-47-43)30-8-6-28(7-9-30)24-52-18-16-31(17-19-52)29-10-12-35(13-11-29)49-37-14-15-42(54)51-44(37)55;3-2(4,5)1(6)7/h6-13,20-23,25-26,31,37,49H,2-5,14-19,24H2,1H3,(H,50,56)(H,51,54,55);(H,6,7). The molecule has 5 heterocycles. The Hall–Kier alpha value is -6.46. The van der Waals surface area contributed by atoms with Crippen molar-refractivity contribution in [3.63, 3.8) is 0 Å². The lowest BCUT2D eigenvalue weighted by molar-refractivity contribution is -0.192. The second-order valence-corrected chi connectivity index (χ2v) is 17.5. The first-order valence-electron chi connectivity index (χ1n) is 21.1. The van der Waals surface area contributed by atoms with Gasteiger partial charge in [-0.25, -0.2) is 18.7 Å². The zero-order chi connectivity index (χ0) is 45.1. The Kier molecular flexibility index (Phi) is 12.9. The third-order valence-electron chi connectivity index (χ3n) is 12.0. The molecule has 3 amide bonds. The number of carbonyl (C=O) groups excluding carboxylic acids is 3. The van der Waals surface area contributed by atoms with E-state index in [-0.39, 0.29) is 23.8 Å². The number of fused-ring (bicyclic) bond motifs is 2. The molecule has 12 nitrogen and oxygen atoms in total. The van der Waals surface area contributed by atoms with Crippen molar-refractivity contribution in [1.82, 2.24) is 24.8 Å². The number of nitrogens with one attached hydrogen (secondary N) is 3. The molecule has 2 fully saturated rings. The van der Waals surface area contributed by atoms with E-state index in [1.54, 1.807) is 15.9 Å². The molecular formula is C47H45F4N7O5S. The number of nitrogens with zero attached hydrogens (tertiary/aromatic N) is 4. The third-order valence-corrected chi connectivity index (χ3v) is 13.2. The molecule has 0 saturated carbocycles. The molecule has 0 spiro atoms. The molecule has 2 aliphatic heterocycles. The fourth-order valence-electron chi connectivity index (χ4n) is 8.51. The van der Waals surface area contributed by atoms with Gasteiger partial charge in [0.15, 0.2) is 0 Å². The molecule has 6 aromatic rings. The first-order valence-corrected chi connectivity index (χ1v) is 21.9. The molecule has 9 rings (SSSR count). The number of benzene rings is 3. The van der Waals surface area contributed by atoms with Gasteiger partial charge in [0, 0.05) is 46.5 Å². The molecule has 0 bridgehead atoms. The van der Waals surface area contributed by atoms with Crippen LogP contribution in [0.3, 0.4) is 0 Å². The Labute approximate surface area is 369 Å². The number of thiophene rings is 1. The number of aromatic nitrogens is 3. The van der Waals surface area contributed by atoms with Gasteiger partial charge in [0.05, 0.1) is 16.1 Å². The van der Waals surface area contributed by atoms with Crippen LogP contribution in [-0.2, 0) is 33.8 Å². The second kappa shape index (κ2) is 18.7. The lowest BCUT2D eigenvalue weighted by Gasteiger charge is -2.32. The van der Waals surface area contributed by atoms with Crippen LogP contribution in [-0.4, -0.2) is 73.6 Å². The molecule has 3 aromatic heterocycles. The Morgan fingerprint density at radius 3 is 2.33 bits per heavy atom. The predicted octanol–water partition coefficient (Wildman–Crippen LogP) is 8.93. The summed E-state index contributed by atoms with van der Waals surface area (Å²) in [4.78, 5) is 54.9. The van der Waals surface area contributed by atoms with Crippen molar-refractivity contribution < 1.29 is 41.8 Å². The van der Waals surface area contributed by atoms with Crippen molar-refractivity contribution in [2.75, 3.05) is 23.7 Å². The van der Waals surface area contributed by atoms with E-state index >= 15 is 4.39 Å². The number of hydrogen-bond donors (Lipinski definition) is 4. The number of amides is 3. The average molecular weight is 896 g/mol. The molecule has 3 aromatic carbocycles. The fraction of sp³-hybridized carbons (Fsp3) is 0.319. The molecule has 64 heavy (non-hydrogen) atoms. The van der Waals surface area contributed by atoms with Crippen LogP contribution in [0.1, 0.15) is 81.2 Å². The molecule has 332 valence electrons. The Balaban J connectivity index is 0.000000741. The van der Waals surface area contributed by atoms with E-state index in [9.17, 15) is 27.6 Å². The van der Waals surface area contributed by atoms with E-state index in [0.29, 0.717) is 40.6 Å². The number of aryl methyl sites for hydroxylation is 2. The van der Waals surface area contributed by atoms with Gasteiger partial charge >= 0.3 is 12.1 Å². The maximum absolute atomic E-state index is 15.2. The lowest BCUT2D eigenvalue weighted by atomic mass is 9.89. The SMILES string of the molecule is Cc1c(NC(=O)c2cc3c(s2)CCCC3)cc(F)cc1-c1ncnn2cc(-c3ccc(CN4CCC(c5ccc(NC6CCC(=O)NC6=O)cc5)CC4)cc3)cc12.O=C(O)C(F)(F)F. The average Bonchev–Trinajstić information content (AvgIpc) is 3.92. The molecule has 0 radical (unpaired) electrons. The largest absolute Gasteiger partial charge is 0.490 e. The molecule has 4 N–H and O–H groups in total. The predicted molar refractivity (Wildman–Crippen MR) is 235 cm³/mol. The number of alkyl halides is 3. The number of rotatable bonds is 9. The summed E-state index contributed by atoms with van der Waals surface area (Å²) in [5.74, 6) is -3.41. The van der Waals surface area contributed by atoms with Gasteiger partial charge in [-0.3, -0.25) is 24.6 Å². The van der Waals surface area contributed by atoms with Crippen LogP contribution in [0.15, 0.2) is 85.3 Å². The smallest absolute Gasteiger partial charge is 0.475 e. The van der Waals surface area contributed by atoms with Crippen LogP contribution in [0.5, 0.6) is 0 Å². The zero-order valence-corrected chi connectivity index (χ0v) is 35.6.